The molecule has 0 aromatic heterocycles. The Bertz CT molecular complexity index is 390. The molecule has 1 unspecified atom stereocenters. The Hall–Kier alpha value is -1.51. The number of rotatable bonds is 3. The van der Waals surface area contributed by atoms with Crippen molar-refractivity contribution in [2.75, 3.05) is 11.9 Å². The largest absolute Gasteiger partial charge is 0.497 e. The van der Waals surface area contributed by atoms with Crippen molar-refractivity contribution in [3.63, 3.8) is 0 Å². The maximum absolute atomic E-state index is 12.9. The zero-order valence-corrected chi connectivity index (χ0v) is 9.37. The monoisotopic (exact) mass is 221 g/mol. The van der Waals surface area contributed by atoms with Crippen molar-refractivity contribution in [3.8, 4) is 0 Å². The van der Waals surface area contributed by atoms with Gasteiger partial charge in [0.2, 0.25) is 0 Å². The van der Waals surface area contributed by atoms with E-state index in [0.717, 1.165) is 30.6 Å². The quantitative estimate of drug-likeness (QED) is 0.846. The number of hydrogen-bond acceptors (Lipinski definition) is 2. The Morgan fingerprint density at radius 1 is 1.50 bits per heavy atom. The average molecular weight is 221 g/mol. The number of hydrogen-bond donors (Lipinski definition) is 1. The third-order valence-corrected chi connectivity index (χ3v) is 2.73. The van der Waals surface area contributed by atoms with Crippen LogP contribution in [0, 0.1) is 12.7 Å². The predicted octanol–water partition coefficient (Wildman–Crippen LogP) is 3.24. The van der Waals surface area contributed by atoms with Crippen molar-refractivity contribution in [1.82, 2.24) is 0 Å². The summed E-state index contributed by atoms with van der Waals surface area (Å²) in [5.41, 5.74) is 1.89. The molecule has 1 aliphatic heterocycles. The summed E-state index contributed by atoms with van der Waals surface area (Å²) in [4.78, 5) is 0. The predicted molar refractivity (Wildman–Crippen MR) is 62.9 cm³/mol. The molecule has 86 valence electrons. The van der Waals surface area contributed by atoms with Crippen LogP contribution >= 0.6 is 0 Å². The first-order valence-electron chi connectivity index (χ1n) is 5.56. The second-order valence-electron chi connectivity index (χ2n) is 4.05. The molecule has 1 heterocycles. The Kier molecular flexibility index (Phi) is 3.44. The highest BCUT2D eigenvalue weighted by molar-refractivity contribution is 5.50. The Labute approximate surface area is 95.1 Å². The number of benzene rings is 1. The van der Waals surface area contributed by atoms with E-state index in [4.69, 9.17) is 4.74 Å². The van der Waals surface area contributed by atoms with E-state index in [2.05, 4.69) is 5.32 Å². The lowest BCUT2D eigenvalue weighted by molar-refractivity contribution is 0.135. The summed E-state index contributed by atoms with van der Waals surface area (Å²) in [6.07, 6.45) is 6.10. The average Bonchev–Trinajstić information content (AvgIpc) is 2.29. The van der Waals surface area contributed by atoms with Crippen LogP contribution in [0.4, 0.5) is 10.1 Å². The molecule has 0 amide bonds. The first-order valence-corrected chi connectivity index (χ1v) is 5.56. The van der Waals surface area contributed by atoms with Gasteiger partial charge in [-0.3, -0.25) is 0 Å². The molecular weight excluding hydrogens is 205 g/mol. The second kappa shape index (κ2) is 5.01. The normalized spacial score (nSPS) is 19.2. The lowest BCUT2D eigenvalue weighted by Gasteiger charge is -2.20. The maximum Gasteiger partial charge on any atom is 0.123 e. The zero-order chi connectivity index (χ0) is 11.4. The molecule has 16 heavy (non-hydrogen) atoms. The number of nitrogens with one attached hydrogen (secondary N) is 1. The highest BCUT2D eigenvalue weighted by atomic mass is 19.1. The summed E-state index contributed by atoms with van der Waals surface area (Å²) in [7, 11) is 0. The molecule has 1 aromatic carbocycles. The van der Waals surface area contributed by atoms with Crippen LogP contribution in [0.25, 0.3) is 0 Å². The van der Waals surface area contributed by atoms with E-state index >= 15 is 0 Å². The van der Waals surface area contributed by atoms with Crippen LogP contribution in [-0.2, 0) is 4.74 Å². The molecule has 0 radical (unpaired) electrons. The van der Waals surface area contributed by atoms with Crippen molar-refractivity contribution in [1.29, 1.82) is 0 Å². The molecule has 1 aliphatic rings. The molecular formula is C13H16FNO. The summed E-state index contributed by atoms with van der Waals surface area (Å²) in [5.74, 6) is -0.195. The molecule has 1 aromatic rings. The Balaban J connectivity index is 1.91. The molecule has 0 saturated heterocycles. The number of aryl methyl sites for hydroxylation is 1. The summed E-state index contributed by atoms with van der Waals surface area (Å²) >= 11 is 0. The van der Waals surface area contributed by atoms with Gasteiger partial charge in [0.05, 0.1) is 12.8 Å². The molecule has 0 spiro atoms. The van der Waals surface area contributed by atoms with Crippen LogP contribution in [0.3, 0.4) is 0 Å². The molecule has 1 atom stereocenters. The van der Waals surface area contributed by atoms with Gasteiger partial charge in [-0.05, 0) is 49.6 Å². The van der Waals surface area contributed by atoms with Gasteiger partial charge < -0.3 is 10.1 Å². The third-order valence-electron chi connectivity index (χ3n) is 2.73. The first-order chi connectivity index (χ1) is 7.75. The molecule has 3 heteroatoms. The summed E-state index contributed by atoms with van der Waals surface area (Å²) < 4.78 is 18.3. The SMILES string of the molecule is Cc1cc(F)ccc1NCC1CCC=CO1. The smallest absolute Gasteiger partial charge is 0.123 e. The molecule has 2 rings (SSSR count). The Morgan fingerprint density at radius 2 is 2.38 bits per heavy atom. The van der Waals surface area contributed by atoms with Crippen LogP contribution < -0.4 is 5.32 Å². The highest BCUT2D eigenvalue weighted by Crippen LogP contribution is 2.17. The van der Waals surface area contributed by atoms with Crippen molar-refractivity contribution < 1.29 is 9.13 Å². The minimum absolute atomic E-state index is 0.195. The molecule has 0 fully saturated rings. The highest BCUT2D eigenvalue weighted by Gasteiger charge is 2.10. The van der Waals surface area contributed by atoms with Crippen molar-refractivity contribution >= 4 is 5.69 Å². The zero-order valence-electron chi connectivity index (χ0n) is 9.37. The van der Waals surface area contributed by atoms with Gasteiger partial charge in [0, 0.05) is 5.69 Å². The van der Waals surface area contributed by atoms with Crippen LogP contribution in [-0.4, -0.2) is 12.6 Å². The van der Waals surface area contributed by atoms with E-state index in [1.807, 2.05) is 13.0 Å². The number of anilines is 1. The molecule has 1 N–H and O–H groups in total. The summed E-state index contributed by atoms with van der Waals surface area (Å²) in [6.45, 7) is 2.66. The molecule has 0 aliphatic carbocycles. The number of halogens is 1. The number of ether oxygens (including phenoxy) is 1. The maximum atomic E-state index is 12.9. The standard InChI is InChI=1S/C13H16FNO/c1-10-8-11(14)5-6-13(10)15-9-12-4-2-3-7-16-12/h3,5-8,12,15H,2,4,9H2,1H3. The minimum atomic E-state index is -0.195. The third kappa shape index (κ3) is 2.75. The fourth-order valence-corrected chi connectivity index (χ4v) is 1.78. The van der Waals surface area contributed by atoms with Crippen LogP contribution in [0.15, 0.2) is 30.5 Å². The molecule has 2 nitrogen and oxygen atoms in total. The van der Waals surface area contributed by atoms with Gasteiger partial charge >= 0.3 is 0 Å². The first kappa shape index (κ1) is 11.0. The van der Waals surface area contributed by atoms with Gasteiger partial charge in [-0.1, -0.05) is 0 Å². The molecule has 0 saturated carbocycles. The van der Waals surface area contributed by atoms with Gasteiger partial charge in [0.25, 0.3) is 0 Å². The van der Waals surface area contributed by atoms with Gasteiger partial charge in [-0.25, -0.2) is 4.39 Å². The Morgan fingerprint density at radius 3 is 3.06 bits per heavy atom. The summed E-state index contributed by atoms with van der Waals surface area (Å²) in [6, 6.07) is 4.77. The van der Waals surface area contributed by atoms with E-state index in [1.165, 1.54) is 12.1 Å². The van der Waals surface area contributed by atoms with Crippen molar-refractivity contribution in [2.24, 2.45) is 0 Å². The number of allylic oxidation sites excluding steroid dienone is 1. The van der Waals surface area contributed by atoms with Crippen molar-refractivity contribution in [2.45, 2.75) is 25.9 Å². The fourth-order valence-electron chi connectivity index (χ4n) is 1.78. The van der Waals surface area contributed by atoms with E-state index in [9.17, 15) is 4.39 Å². The van der Waals surface area contributed by atoms with Gasteiger partial charge in [0.15, 0.2) is 0 Å². The second-order valence-corrected chi connectivity index (χ2v) is 4.05. The van der Waals surface area contributed by atoms with Gasteiger partial charge in [-0.15, -0.1) is 0 Å². The van der Waals surface area contributed by atoms with Crippen LogP contribution in [0.2, 0.25) is 0 Å². The lowest BCUT2D eigenvalue weighted by atomic mass is 10.1. The van der Waals surface area contributed by atoms with Gasteiger partial charge in [-0.2, -0.15) is 0 Å². The van der Waals surface area contributed by atoms with E-state index < -0.39 is 0 Å². The fraction of sp³-hybridized carbons (Fsp3) is 0.385. The van der Waals surface area contributed by atoms with Crippen LogP contribution in [0.5, 0.6) is 0 Å². The van der Waals surface area contributed by atoms with Gasteiger partial charge in [0.1, 0.15) is 11.9 Å². The lowest BCUT2D eigenvalue weighted by Crippen LogP contribution is -2.23. The van der Waals surface area contributed by atoms with E-state index in [-0.39, 0.29) is 11.9 Å². The minimum Gasteiger partial charge on any atom is -0.497 e. The van der Waals surface area contributed by atoms with E-state index in [1.54, 1.807) is 12.3 Å². The molecule has 0 bridgehead atoms. The van der Waals surface area contributed by atoms with Crippen LogP contribution in [0.1, 0.15) is 18.4 Å². The van der Waals surface area contributed by atoms with Crippen molar-refractivity contribution in [3.05, 3.63) is 41.9 Å². The summed E-state index contributed by atoms with van der Waals surface area (Å²) in [5, 5.41) is 3.28. The van der Waals surface area contributed by atoms with E-state index in [0.29, 0.717) is 0 Å². The topological polar surface area (TPSA) is 21.3 Å².